The van der Waals surface area contributed by atoms with Crippen LogP contribution in [0.5, 0.6) is 11.5 Å². The highest BCUT2D eigenvalue weighted by Gasteiger charge is 2.37. The fourth-order valence-corrected chi connectivity index (χ4v) is 7.91. The molecular weight excluding hydrogens is 1040 g/mol. The second-order valence-corrected chi connectivity index (χ2v) is 19.0. The average Bonchev–Trinajstić information content (AvgIpc) is 3.38. The van der Waals surface area contributed by atoms with Crippen LogP contribution >= 0.6 is 11.8 Å². The number of carbonyl (C=O) groups is 11. The fraction of sp³-hybridized carbons (Fsp3) is 0.420. The highest BCUT2D eigenvalue weighted by atomic mass is 32.2. The van der Waals surface area contributed by atoms with Crippen LogP contribution in [0.4, 0.5) is 0 Å². The molecule has 19 N–H and O–H groups in total. The Labute approximate surface area is 452 Å². The Morgan fingerprint density at radius 1 is 0.474 bits per heavy atom. The monoisotopic (exact) mass is 1110 g/mol. The van der Waals surface area contributed by atoms with Crippen molar-refractivity contribution >= 4 is 76.8 Å². The summed E-state index contributed by atoms with van der Waals surface area (Å²) in [5.74, 6) is -12.4. The summed E-state index contributed by atoms with van der Waals surface area (Å²) < 4.78 is 0. The van der Waals surface area contributed by atoms with Gasteiger partial charge >= 0.3 is 5.97 Å². The lowest BCUT2D eigenvalue weighted by Gasteiger charge is -2.29. The summed E-state index contributed by atoms with van der Waals surface area (Å²) in [6.07, 6.45) is -4.37. The van der Waals surface area contributed by atoms with Crippen LogP contribution in [0.25, 0.3) is 0 Å². The first-order chi connectivity index (χ1) is 36.8. The molecular formula is C50H67N11O16S. The average molecular weight is 1110 g/mol. The minimum Gasteiger partial charge on any atom is -0.508 e. The summed E-state index contributed by atoms with van der Waals surface area (Å²) in [6.45, 7) is 1.73. The molecule has 0 aliphatic rings. The normalized spacial score (nSPS) is 14.8. The number of carboxylic acids is 1. The van der Waals surface area contributed by atoms with E-state index in [1.807, 2.05) is 0 Å². The van der Waals surface area contributed by atoms with Crippen LogP contribution in [0.15, 0.2) is 78.9 Å². The van der Waals surface area contributed by atoms with Crippen LogP contribution in [0.3, 0.4) is 0 Å². The molecule has 0 bridgehead atoms. The van der Waals surface area contributed by atoms with Crippen LogP contribution in [-0.2, 0) is 72.0 Å². The first kappa shape index (κ1) is 63.9. The van der Waals surface area contributed by atoms with Gasteiger partial charge in [-0.25, -0.2) is 4.79 Å². The first-order valence-corrected chi connectivity index (χ1v) is 25.6. The van der Waals surface area contributed by atoms with Crippen molar-refractivity contribution in [3.05, 3.63) is 95.6 Å². The van der Waals surface area contributed by atoms with E-state index in [9.17, 15) is 78.3 Å². The van der Waals surface area contributed by atoms with Crippen molar-refractivity contribution in [1.29, 1.82) is 0 Å². The van der Waals surface area contributed by atoms with E-state index in [2.05, 4.69) is 42.5 Å². The van der Waals surface area contributed by atoms with Crippen molar-refractivity contribution < 1.29 is 78.3 Å². The molecule has 10 atom stereocenters. The molecule has 0 spiro atoms. The molecule has 0 saturated carbocycles. The number of aliphatic carboxylic acids is 1. The number of nitrogens with one attached hydrogen (secondary N) is 8. The quantitative estimate of drug-likeness (QED) is 0.0279. The third-order valence-corrected chi connectivity index (χ3v) is 12.2. The summed E-state index contributed by atoms with van der Waals surface area (Å²) in [4.78, 5) is 146. The predicted molar refractivity (Wildman–Crippen MR) is 280 cm³/mol. The topological polar surface area (TPSA) is 463 Å². The number of hydrogen-bond acceptors (Lipinski definition) is 17. The number of phenols is 2. The van der Waals surface area contributed by atoms with E-state index in [0.717, 1.165) is 13.8 Å². The van der Waals surface area contributed by atoms with Crippen LogP contribution in [0.1, 0.15) is 49.8 Å². The highest BCUT2D eigenvalue weighted by molar-refractivity contribution is 7.98. The Hall–Kier alpha value is -8.34. The van der Waals surface area contributed by atoms with Gasteiger partial charge in [0.25, 0.3) is 0 Å². The van der Waals surface area contributed by atoms with Crippen LogP contribution in [0, 0.1) is 0 Å². The Kier molecular flexibility index (Phi) is 25.9. The maximum atomic E-state index is 14.2. The first-order valence-electron chi connectivity index (χ1n) is 24.2. The van der Waals surface area contributed by atoms with Crippen molar-refractivity contribution in [2.24, 2.45) is 17.2 Å². The fourth-order valence-electron chi connectivity index (χ4n) is 7.44. The number of phenolic OH excluding ortho intramolecular Hbond substituents is 2. The van der Waals surface area contributed by atoms with Gasteiger partial charge in [0.15, 0.2) is 0 Å². The molecule has 3 aromatic rings. The number of rotatable bonds is 32. The number of carboxylic acid groups (broad SMARTS) is 1. The molecule has 3 aromatic carbocycles. The van der Waals surface area contributed by atoms with Crippen molar-refractivity contribution in [2.45, 2.75) is 113 Å². The molecule has 0 unspecified atom stereocenters. The lowest BCUT2D eigenvalue weighted by atomic mass is 10.0. The number of aliphatic hydroxyl groups excluding tert-OH is 2. The van der Waals surface area contributed by atoms with E-state index in [1.54, 1.807) is 36.6 Å². The van der Waals surface area contributed by atoms with Crippen molar-refractivity contribution in [3.63, 3.8) is 0 Å². The SMILES string of the molecule is CSCC[C@H](NC(=O)[C@H](CC(N)=O)NC(=O)[C@H](Cc1ccc(O)cc1)NC(=O)[C@H](CC(N)=O)NC(=O)[C@@H](NC(=O)[C@H](Cc1ccccc1)NC(=O)[C@@H](NC(=O)[C@H](Cc1ccc(O)cc1)NC(=O)CN)[C@@H](C)O)[C@@H](C)O)C(=O)O. The van der Waals surface area contributed by atoms with Crippen LogP contribution in [-0.4, -0.2) is 170 Å². The summed E-state index contributed by atoms with van der Waals surface area (Å²) in [6, 6.07) is 5.33. The van der Waals surface area contributed by atoms with Gasteiger partial charge in [-0.2, -0.15) is 11.8 Å². The Morgan fingerprint density at radius 3 is 1.18 bits per heavy atom. The molecule has 0 radical (unpaired) electrons. The van der Waals surface area contributed by atoms with Crippen molar-refractivity contribution in [2.75, 3.05) is 18.6 Å². The molecule has 3 rings (SSSR count). The van der Waals surface area contributed by atoms with Crippen molar-refractivity contribution in [1.82, 2.24) is 42.5 Å². The zero-order valence-corrected chi connectivity index (χ0v) is 43.6. The molecule has 0 saturated heterocycles. The third kappa shape index (κ3) is 21.7. The minimum atomic E-state index is -1.97. The highest BCUT2D eigenvalue weighted by Crippen LogP contribution is 2.15. The predicted octanol–water partition coefficient (Wildman–Crippen LogP) is -4.69. The zero-order chi connectivity index (χ0) is 58.2. The molecule has 27 nitrogen and oxygen atoms in total. The lowest BCUT2D eigenvalue weighted by Crippen LogP contribution is -2.63. The number of nitrogens with two attached hydrogens (primary N) is 3. The van der Waals surface area contributed by atoms with Gasteiger partial charge in [-0.05, 0) is 73.2 Å². The lowest BCUT2D eigenvalue weighted by molar-refractivity contribution is -0.142. The van der Waals surface area contributed by atoms with Crippen LogP contribution < -0.4 is 59.7 Å². The summed E-state index contributed by atoms with van der Waals surface area (Å²) >= 11 is 1.29. The van der Waals surface area contributed by atoms with E-state index in [-0.39, 0.29) is 30.8 Å². The molecule has 0 aliphatic carbocycles. The van der Waals surface area contributed by atoms with Gasteiger partial charge in [-0.15, -0.1) is 0 Å². The standard InChI is InChI=1S/C50H67N11O16S/c1-25(62)41(60-46(72)33(54-40(68)24-51)20-28-9-13-30(64)14-10-28)48(74)58-35(19-27-7-5-4-6-8-27)47(73)61-42(26(2)63)49(75)59-37(23-39(53)67)45(71)56-34(21-29-11-15-31(65)16-12-29)43(69)57-36(22-38(52)66)44(70)55-32(50(76)77)17-18-78-3/h4-16,25-26,32-37,41-42,62-65H,17-24,51H2,1-3H3,(H2,52,66)(H2,53,67)(H,54,68)(H,55,70)(H,56,71)(H,57,69)(H,58,74)(H,59,75)(H,60,72)(H,61,73)(H,76,77)/t25-,26-,32+,33+,34+,35+,36+,37+,41+,42+/m1/s1. The van der Waals surface area contributed by atoms with E-state index in [4.69, 9.17) is 17.2 Å². The number of amides is 10. The Morgan fingerprint density at radius 2 is 0.808 bits per heavy atom. The minimum absolute atomic E-state index is 0.0341. The molecule has 0 aromatic heterocycles. The maximum Gasteiger partial charge on any atom is 0.326 e. The van der Waals surface area contributed by atoms with E-state index < -0.39 is 151 Å². The van der Waals surface area contributed by atoms with Crippen molar-refractivity contribution in [3.8, 4) is 11.5 Å². The summed E-state index contributed by atoms with van der Waals surface area (Å²) in [5, 5.41) is 69.6. The number of aromatic hydroxyl groups is 2. The number of aliphatic hydroxyl groups is 2. The summed E-state index contributed by atoms with van der Waals surface area (Å²) in [7, 11) is 0. The molecule has 0 heterocycles. The second kappa shape index (κ2) is 31.6. The zero-order valence-electron chi connectivity index (χ0n) is 42.8. The molecule has 0 fully saturated rings. The van der Waals surface area contributed by atoms with Gasteiger partial charge in [0.2, 0.25) is 59.1 Å². The second-order valence-electron chi connectivity index (χ2n) is 18.0. The largest absolute Gasteiger partial charge is 0.508 e. The number of benzene rings is 3. The number of hydrogen-bond donors (Lipinski definition) is 16. The van der Waals surface area contributed by atoms with Gasteiger partial charge in [0.05, 0.1) is 31.6 Å². The molecule has 78 heavy (non-hydrogen) atoms. The summed E-state index contributed by atoms with van der Waals surface area (Å²) in [5.41, 5.74) is 17.5. The van der Waals surface area contributed by atoms with Gasteiger partial charge in [0.1, 0.15) is 59.8 Å². The molecule has 0 aliphatic heterocycles. The molecule has 424 valence electrons. The van der Waals surface area contributed by atoms with Crippen LogP contribution in [0.2, 0.25) is 0 Å². The van der Waals surface area contributed by atoms with E-state index >= 15 is 0 Å². The van der Waals surface area contributed by atoms with Gasteiger partial charge in [0, 0.05) is 19.3 Å². The third-order valence-electron chi connectivity index (χ3n) is 11.6. The maximum absolute atomic E-state index is 14.2. The van der Waals surface area contributed by atoms with Gasteiger partial charge in [-0.3, -0.25) is 47.9 Å². The van der Waals surface area contributed by atoms with Gasteiger partial charge < -0.3 is 85.3 Å². The van der Waals surface area contributed by atoms with Gasteiger partial charge in [-0.1, -0.05) is 54.6 Å². The number of carbonyl (C=O) groups excluding carboxylic acids is 10. The van der Waals surface area contributed by atoms with E-state index in [1.165, 1.54) is 60.3 Å². The number of thioether (sulfide) groups is 1. The van der Waals surface area contributed by atoms with E-state index in [0.29, 0.717) is 22.4 Å². The number of primary amides is 2. The smallest absolute Gasteiger partial charge is 0.326 e. The molecule has 28 heteroatoms. The Balaban J connectivity index is 1.93. The Bertz CT molecular complexity index is 2580. The molecule has 10 amide bonds.